The average Bonchev–Trinajstić information content (AvgIpc) is 2.71. The van der Waals surface area contributed by atoms with Crippen LogP contribution in [0.1, 0.15) is 44.2 Å². The molecule has 28 heavy (non-hydrogen) atoms. The fourth-order valence-electron chi connectivity index (χ4n) is 4.42. The van der Waals surface area contributed by atoms with Crippen LogP contribution in [-0.2, 0) is 16.7 Å². The van der Waals surface area contributed by atoms with E-state index in [1.54, 1.807) is 14.2 Å². The van der Waals surface area contributed by atoms with Crippen molar-refractivity contribution in [1.29, 1.82) is 0 Å². The quantitative estimate of drug-likeness (QED) is 0.670. The first-order chi connectivity index (χ1) is 13.5. The lowest BCUT2D eigenvalue weighted by Crippen LogP contribution is -2.45. The minimum Gasteiger partial charge on any atom is -0.493 e. The monoisotopic (exact) mass is 383 g/mol. The summed E-state index contributed by atoms with van der Waals surface area (Å²) in [6.45, 7) is 7.00. The van der Waals surface area contributed by atoms with Crippen molar-refractivity contribution >= 4 is 0 Å². The summed E-state index contributed by atoms with van der Waals surface area (Å²) in [6, 6.07) is 17.0. The Labute approximate surface area is 169 Å². The molecular formula is C24H33NO3. The molecule has 0 radical (unpaired) electrons. The minimum atomic E-state index is -0.0859. The Kier molecular flexibility index (Phi) is 6.63. The lowest BCUT2D eigenvalue weighted by Gasteiger charge is -2.45. The Morgan fingerprint density at radius 1 is 1.00 bits per heavy atom. The predicted molar refractivity (Wildman–Crippen MR) is 113 cm³/mol. The van der Waals surface area contributed by atoms with E-state index >= 15 is 0 Å². The first-order valence-corrected chi connectivity index (χ1v) is 10.1. The molecule has 3 rings (SSSR count). The van der Waals surface area contributed by atoms with Crippen LogP contribution < -0.4 is 14.8 Å². The van der Waals surface area contributed by atoms with E-state index in [-0.39, 0.29) is 11.0 Å². The van der Waals surface area contributed by atoms with Crippen LogP contribution in [0.25, 0.3) is 0 Å². The number of ether oxygens (including phenoxy) is 3. The van der Waals surface area contributed by atoms with E-state index in [0.29, 0.717) is 0 Å². The molecular weight excluding hydrogens is 350 g/mol. The van der Waals surface area contributed by atoms with Gasteiger partial charge in [0.05, 0.1) is 19.8 Å². The predicted octanol–water partition coefficient (Wildman–Crippen LogP) is 4.71. The Balaban J connectivity index is 1.65. The summed E-state index contributed by atoms with van der Waals surface area (Å²) in [6.07, 6.45) is 3.21. The van der Waals surface area contributed by atoms with Gasteiger partial charge in [-0.05, 0) is 62.9 Å². The molecule has 1 aliphatic rings. The van der Waals surface area contributed by atoms with Crippen LogP contribution in [0, 0.1) is 0 Å². The number of nitrogens with one attached hydrogen (secondary N) is 1. The first-order valence-electron chi connectivity index (χ1n) is 10.1. The van der Waals surface area contributed by atoms with E-state index in [1.807, 2.05) is 12.1 Å². The Bertz CT molecular complexity index is 760. The van der Waals surface area contributed by atoms with Crippen LogP contribution in [0.4, 0.5) is 0 Å². The van der Waals surface area contributed by atoms with Crippen molar-refractivity contribution in [3.63, 3.8) is 0 Å². The van der Waals surface area contributed by atoms with Crippen molar-refractivity contribution in [2.24, 2.45) is 0 Å². The van der Waals surface area contributed by atoms with Gasteiger partial charge in [0.1, 0.15) is 0 Å². The molecule has 1 aliphatic heterocycles. The molecule has 2 aromatic rings. The van der Waals surface area contributed by atoms with Crippen LogP contribution in [0.5, 0.6) is 11.5 Å². The van der Waals surface area contributed by atoms with Crippen molar-refractivity contribution in [3.8, 4) is 11.5 Å². The molecule has 1 atom stereocenters. The largest absolute Gasteiger partial charge is 0.493 e. The molecule has 152 valence electrons. The smallest absolute Gasteiger partial charge is 0.161 e. The molecule has 0 amide bonds. The molecule has 0 aromatic heterocycles. The Morgan fingerprint density at radius 3 is 2.43 bits per heavy atom. The van der Waals surface area contributed by atoms with Crippen LogP contribution >= 0.6 is 0 Å². The maximum Gasteiger partial charge on any atom is 0.161 e. The molecule has 4 heteroatoms. The molecule has 1 heterocycles. The van der Waals surface area contributed by atoms with Gasteiger partial charge in [0.15, 0.2) is 11.5 Å². The third-order valence-electron chi connectivity index (χ3n) is 5.78. The van der Waals surface area contributed by atoms with Gasteiger partial charge < -0.3 is 19.5 Å². The summed E-state index contributed by atoms with van der Waals surface area (Å²) in [7, 11) is 3.33. The normalized spacial score (nSPS) is 21.3. The van der Waals surface area contributed by atoms with Gasteiger partial charge in [-0.15, -0.1) is 0 Å². The van der Waals surface area contributed by atoms with Gasteiger partial charge >= 0.3 is 0 Å². The molecule has 0 saturated carbocycles. The molecule has 0 bridgehead atoms. The second-order valence-electron chi connectivity index (χ2n) is 8.30. The summed E-state index contributed by atoms with van der Waals surface area (Å²) in [5.41, 5.74) is 2.70. The SMILES string of the molecule is COc1ccc(CNCC[C@]2(c3ccccc3)CCOC(C)(C)C2)cc1OC. The van der Waals surface area contributed by atoms with E-state index in [0.717, 1.165) is 50.5 Å². The van der Waals surface area contributed by atoms with Gasteiger partial charge in [0.25, 0.3) is 0 Å². The van der Waals surface area contributed by atoms with Gasteiger partial charge in [0, 0.05) is 18.6 Å². The zero-order valence-corrected chi connectivity index (χ0v) is 17.6. The van der Waals surface area contributed by atoms with E-state index in [4.69, 9.17) is 14.2 Å². The number of hydrogen-bond acceptors (Lipinski definition) is 4. The minimum absolute atomic E-state index is 0.0859. The van der Waals surface area contributed by atoms with Crippen molar-refractivity contribution in [2.45, 2.75) is 50.7 Å². The van der Waals surface area contributed by atoms with Crippen molar-refractivity contribution in [1.82, 2.24) is 5.32 Å². The zero-order chi connectivity index (χ0) is 20.0. The fraction of sp³-hybridized carbons (Fsp3) is 0.500. The van der Waals surface area contributed by atoms with Gasteiger partial charge in [-0.3, -0.25) is 0 Å². The molecule has 0 unspecified atom stereocenters. The van der Waals surface area contributed by atoms with Crippen molar-refractivity contribution in [2.75, 3.05) is 27.4 Å². The van der Waals surface area contributed by atoms with Gasteiger partial charge in [-0.2, -0.15) is 0 Å². The molecule has 1 N–H and O–H groups in total. The van der Waals surface area contributed by atoms with Crippen LogP contribution in [0.15, 0.2) is 48.5 Å². The highest BCUT2D eigenvalue weighted by Crippen LogP contribution is 2.43. The highest BCUT2D eigenvalue weighted by atomic mass is 16.5. The van der Waals surface area contributed by atoms with Gasteiger partial charge in [-0.1, -0.05) is 36.4 Å². The second kappa shape index (κ2) is 8.97. The summed E-state index contributed by atoms with van der Waals surface area (Å²) in [5.74, 6) is 1.53. The van der Waals surface area contributed by atoms with E-state index in [1.165, 1.54) is 11.1 Å². The zero-order valence-electron chi connectivity index (χ0n) is 17.6. The standard InChI is InChI=1S/C24H33NO3/c1-23(2)18-24(13-15-28-23,20-8-6-5-7-9-20)12-14-25-17-19-10-11-21(26-3)22(16-19)27-4/h5-11,16,25H,12-15,17-18H2,1-4H3/t24-/m0/s1. The van der Waals surface area contributed by atoms with Crippen molar-refractivity contribution < 1.29 is 14.2 Å². The third-order valence-corrected chi connectivity index (χ3v) is 5.78. The summed E-state index contributed by atoms with van der Waals surface area (Å²) in [5, 5.41) is 3.62. The topological polar surface area (TPSA) is 39.7 Å². The average molecular weight is 384 g/mol. The highest BCUT2D eigenvalue weighted by Gasteiger charge is 2.41. The molecule has 1 saturated heterocycles. The summed E-state index contributed by atoms with van der Waals surface area (Å²) < 4.78 is 16.7. The molecule has 0 aliphatic carbocycles. The van der Waals surface area contributed by atoms with E-state index in [2.05, 4.69) is 55.6 Å². The first kappa shape index (κ1) is 20.7. The van der Waals surface area contributed by atoms with Crippen LogP contribution in [0.2, 0.25) is 0 Å². The van der Waals surface area contributed by atoms with E-state index < -0.39 is 0 Å². The Morgan fingerprint density at radius 2 is 1.75 bits per heavy atom. The Hall–Kier alpha value is -2.04. The second-order valence-corrected chi connectivity index (χ2v) is 8.30. The number of hydrogen-bond donors (Lipinski definition) is 1. The number of methoxy groups -OCH3 is 2. The van der Waals surface area contributed by atoms with Gasteiger partial charge in [0.2, 0.25) is 0 Å². The lowest BCUT2D eigenvalue weighted by atomic mass is 9.67. The van der Waals surface area contributed by atoms with Crippen LogP contribution in [-0.4, -0.2) is 33.0 Å². The van der Waals surface area contributed by atoms with Crippen molar-refractivity contribution in [3.05, 3.63) is 59.7 Å². The maximum atomic E-state index is 6.02. The fourth-order valence-corrected chi connectivity index (χ4v) is 4.42. The maximum absolute atomic E-state index is 6.02. The number of benzene rings is 2. The highest BCUT2D eigenvalue weighted by molar-refractivity contribution is 5.42. The number of rotatable bonds is 8. The van der Waals surface area contributed by atoms with Crippen LogP contribution in [0.3, 0.4) is 0 Å². The molecule has 1 fully saturated rings. The van der Waals surface area contributed by atoms with E-state index in [9.17, 15) is 0 Å². The molecule has 4 nitrogen and oxygen atoms in total. The third kappa shape index (κ3) is 4.86. The summed E-state index contributed by atoms with van der Waals surface area (Å²) >= 11 is 0. The summed E-state index contributed by atoms with van der Waals surface area (Å²) in [4.78, 5) is 0. The molecule has 2 aromatic carbocycles. The lowest BCUT2D eigenvalue weighted by molar-refractivity contribution is -0.0840. The van der Waals surface area contributed by atoms with Gasteiger partial charge in [-0.25, -0.2) is 0 Å². The molecule has 0 spiro atoms.